The van der Waals surface area contributed by atoms with Crippen LogP contribution in [0.15, 0.2) is 24.3 Å². The van der Waals surface area contributed by atoms with Gasteiger partial charge < -0.3 is 15.2 Å². The van der Waals surface area contributed by atoms with Crippen LogP contribution in [0.25, 0.3) is 0 Å². The molecule has 0 bridgehead atoms. The Kier molecular flexibility index (Phi) is 5.16. The van der Waals surface area contributed by atoms with Gasteiger partial charge in [-0.1, -0.05) is 32.9 Å². The molecule has 4 nitrogen and oxygen atoms in total. The summed E-state index contributed by atoms with van der Waals surface area (Å²) in [5.41, 5.74) is 1.22. The second-order valence-electron chi connectivity index (χ2n) is 5.14. The van der Waals surface area contributed by atoms with Gasteiger partial charge in [0.2, 0.25) is 0 Å². The lowest BCUT2D eigenvalue weighted by Gasteiger charge is -2.19. The summed E-state index contributed by atoms with van der Waals surface area (Å²) in [6, 6.07) is 7.73. The van der Waals surface area contributed by atoms with Crippen LogP contribution >= 0.6 is 0 Å². The third-order valence-electron chi connectivity index (χ3n) is 2.50. The first-order valence-corrected chi connectivity index (χ1v) is 6.04. The number of amides is 1. The van der Waals surface area contributed by atoms with Crippen molar-refractivity contribution in [3.05, 3.63) is 29.8 Å². The van der Waals surface area contributed by atoms with E-state index in [2.05, 4.69) is 26.1 Å². The molecule has 1 amide bonds. The number of ether oxygens (including phenoxy) is 1. The van der Waals surface area contributed by atoms with Crippen LogP contribution in [0, 0.1) is 0 Å². The van der Waals surface area contributed by atoms with Crippen LogP contribution in [-0.2, 0) is 10.2 Å². The van der Waals surface area contributed by atoms with Gasteiger partial charge in [-0.15, -0.1) is 0 Å². The van der Waals surface area contributed by atoms with Gasteiger partial charge in [0.05, 0.1) is 6.61 Å². The quantitative estimate of drug-likeness (QED) is 0.833. The first-order chi connectivity index (χ1) is 8.43. The summed E-state index contributed by atoms with van der Waals surface area (Å²) in [6.07, 6.45) is 0. The lowest BCUT2D eigenvalue weighted by Crippen LogP contribution is -2.31. The number of carbonyl (C=O) groups is 1. The van der Waals surface area contributed by atoms with Crippen molar-refractivity contribution >= 4 is 5.91 Å². The molecule has 1 rings (SSSR count). The fraction of sp³-hybridized carbons (Fsp3) is 0.500. The highest BCUT2D eigenvalue weighted by Crippen LogP contribution is 2.25. The average Bonchev–Trinajstić information content (AvgIpc) is 2.33. The zero-order valence-corrected chi connectivity index (χ0v) is 11.2. The fourth-order valence-electron chi connectivity index (χ4n) is 1.45. The zero-order valence-electron chi connectivity index (χ0n) is 11.2. The Bertz CT molecular complexity index is 396. The summed E-state index contributed by atoms with van der Waals surface area (Å²) in [4.78, 5) is 11.3. The number of hydrogen-bond acceptors (Lipinski definition) is 3. The van der Waals surface area contributed by atoms with E-state index in [1.54, 1.807) is 0 Å². The van der Waals surface area contributed by atoms with E-state index in [1.165, 1.54) is 0 Å². The minimum atomic E-state index is -0.231. The van der Waals surface area contributed by atoms with Gasteiger partial charge in [0.15, 0.2) is 6.61 Å². The van der Waals surface area contributed by atoms with Crippen LogP contribution in [0.1, 0.15) is 26.3 Å². The lowest BCUT2D eigenvalue weighted by atomic mass is 9.87. The average molecular weight is 251 g/mol. The Morgan fingerprint density at radius 3 is 2.72 bits per heavy atom. The summed E-state index contributed by atoms with van der Waals surface area (Å²) in [5, 5.41) is 11.1. The van der Waals surface area contributed by atoms with Gasteiger partial charge in [-0.25, -0.2) is 0 Å². The number of carbonyl (C=O) groups excluding carboxylic acids is 1. The van der Waals surface area contributed by atoms with Gasteiger partial charge in [-0.2, -0.15) is 0 Å². The summed E-state index contributed by atoms with van der Waals surface area (Å²) >= 11 is 0. The maximum Gasteiger partial charge on any atom is 0.258 e. The molecule has 0 saturated heterocycles. The molecule has 1 aromatic carbocycles. The Morgan fingerprint density at radius 1 is 1.39 bits per heavy atom. The molecule has 1 aromatic rings. The Balaban J connectivity index is 2.55. The predicted molar refractivity (Wildman–Crippen MR) is 70.7 cm³/mol. The smallest absolute Gasteiger partial charge is 0.258 e. The highest BCUT2D eigenvalue weighted by atomic mass is 16.5. The van der Waals surface area contributed by atoms with Gasteiger partial charge in [-0.05, 0) is 23.1 Å². The van der Waals surface area contributed by atoms with E-state index >= 15 is 0 Å². The molecule has 2 N–H and O–H groups in total. The highest BCUT2D eigenvalue weighted by Gasteiger charge is 2.14. The van der Waals surface area contributed by atoms with Crippen molar-refractivity contribution in [3.8, 4) is 5.75 Å². The van der Waals surface area contributed by atoms with Crippen molar-refractivity contribution in [1.82, 2.24) is 5.32 Å². The normalized spacial score (nSPS) is 11.1. The van der Waals surface area contributed by atoms with E-state index in [0.717, 1.165) is 5.56 Å². The molecule has 0 saturated carbocycles. The largest absolute Gasteiger partial charge is 0.484 e. The summed E-state index contributed by atoms with van der Waals surface area (Å²) in [6.45, 7) is 6.53. The second kappa shape index (κ2) is 6.40. The zero-order chi connectivity index (χ0) is 13.6. The first-order valence-electron chi connectivity index (χ1n) is 6.04. The van der Waals surface area contributed by atoms with Crippen LogP contribution < -0.4 is 10.1 Å². The maximum atomic E-state index is 11.3. The minimum absolute atomic E-state index is 0.0341. The van der Waals surface area contributed by atoms with Crippen molar-refractivity contribution in [3.63, 3.8) is 0 Å². The second-order valence-corrected chi connectivity index (χ2v) is 5.14. The van der Waals surface area contributed by atoms with E-state index in [9.17, 15) is 4.79 Å². The molecular formula is C14H21NO3. The van der Waals surface area contributed by atoms with Crippen LogP contribution in [0.4, 0.5) is 0 Å². The molecular weight excluding hydrogens is 230 g/mol. The Hall–Kier alpha value is -1.55. The molecule has 0 atom stereocenters. The molecule has 0 aliphatic heterocycles. The Labute approximate surface area is 108 Å². The van der Waals surface area contributed by atoms with E-state index in [1.807, 2.05) is 24.3 Å². The van der Waals surface area contributed by atoms with Crippen LogP contribution in [0.5, 0.6) is 5.75 Å². The van der Waals surface area contributed by atoms with Gasteiger partial charge in [-0.3, -0.25) is 4.79 Å². The van der Waals surface area contributed by atoms with Crippen LogP contribution in [0.2, 0.25) is 0 Å². The van der Waals surface area contributed by atoms with Gasteiger partial charge >= 0.3 is 0 Å². The highest BCUT2D eigenvalue weighted by molar-refractivity contribution is 5.77. The van der Waals surface area contributed by atoms with Crippen LogP contribution in [0.3, 0.4) is 0 Å². The molecule has 4 heteroatoms. The van der Waals surface area contributed by atoms with E-state index in [0.29, 0.717) is 5.75 Å². The predicted octanol–water partition coefficient (Wildman–Crippen LogP) is 1.47. The summed E-state index contributed by atoms with van der Waals surface area (Å²) in [7, 11) is 0. The van der Waals surface area contributed by atoms with Crippen molar-refractivity contribution in [2.75, 3.05) is 19.8 Å². The minimum Gasteiger partial charge on any atom is -0.484 e. The molecule has 0 aromatic heterocycles. The Morgan fingerprint density at radius 2 is 2.11 bits per heavy atom. The summed E-state index contributed by atoms with van der Waals surface area (Å²) in [5.74, 6) is 0.451. The number of aliphatic hydroxyl groups is 1. The molecule has 100 valence electrons. The van der Waals surface area contributed by atoms with E-state index in [4.69, 9.17) is 9.84 Å². The number of nitrogens with one attached hydrogen (secondary N) is 1. The molecule has 0 heterocycles. The third-order valence-corrected chi connectivity index (χ3v) is 2.50. The van der Waals surface area contributed by atoms with Gasteiger partial charge in [0.25, 0.3) is 5.91 Å². The summed E-state index contributed by atoms with van der Waals surface area (Å²) < 4.78 is 5.41. The van der Waals surface area contributed by atoms with E-state index in [-0.39, 0.29) is 31.1 Å². The molecule has 0 spiro atoms. The number of rotatable bonds is 5. The number of benzene rings is 1. The fourth-order valence-corrected chi connectivity index (χ4v) is 1.45. The van der Waals surface area contributed by atoms with Gasteiger partial charge in [0.1, 0.15) is 5.75 Å². The van der Waals surface area contributed by atoms with E-state index < -0.39 is 0 Å². The molecule has 18 heavy (non-hydrogen) atoms. The molecule has 0 aliphatic carbocycles. The van der Waals surface area contributed by atoms with Crippen molar-refractivity contribution in [2.24, 2.45) is 0 Å². The van der Waals surface area contributed by atoms with Gasteiger partial charge in [0, 0.05) is 6.54 Å². The standard InChI is InChI=1S/C14H21NO3/c1-14(2,3)11-5-4-6-12(9-11)18-10-13(17)15-7-8-16/h4-6,9,16H,7-8,10H2,1-3H3,(H,15,17). The molecule has 0 radical (unpaired) electrons. The van der Waals surface area contributed by atoms with Crippen molar-refractivity contribution in [2.45, 2.75) is 26.2 Å². The van der Waals surface area contributed by atoms with Crippen molar-refractivity contribution in [1.29, 1.82) is 0 Å². The third kappa shape index (κ3) is 4.75. The monoisotopic (exact) mass is 251 g/mol. The lowest BCUT2D eigenvalue weighted by molar-refractivity contribution is -0.123. The maximum absolute atomic E-state index is 11.3. The topological polar surface area (TPSA) is 58.6 Å². The molecule has 0 aliphatic rings. The first kappa shape index (κ1) is 14.5. The number of hydrogen-bond donors (Lipinski definition) is 2. The SMILES string of the molecule is CC(C)(C)c1cccc(OCC(=O)NCCO)c1. The molecule has 0 unspecified atom stereocenters. The molecule has 0 fully saturated rings. The van der Waals surface area contributed by atoms with Crippen LogP contribution in [-0.4, -0.2) is 30.8 Å². The van der Waals surface area contributed by atoms with Crippen molar-refractivity contribution < 1.29 is 14.6 Å². The number of aliphatic hydroxyl groups excluding tert-OH is 1.